The van der Waals surface area contributed by atoms with Crippen molar-refractivity contribution in [2.24, 2.45) is 5.73 Å². The van der Waals surface area contributed by atoms with E-state index in [0.29, 0.717) is 10.4 Å². The van der Waals surface area contributed by atoms with Crippen molar-refractivity contribution in [3.05, 3.63) is 51.9 Å². The molecule has 0 bridgehead atoms. The second-order valence-corrected chi connectivity index (χ2v) is 10.3. The zero-order valence-corrected chi connectivity index (χ0v) is 23.2. The molecule has 14 heteroatoms. The number of aromatic nitrogens is 3. The Morgan fingerprint density at radius 3 is 2.18 bits per heavy atom. The van der Waals surface area contributed by atoms with Crippen molar-refractivity contribution in [1.82, 2.24) is 19.7 Å². The fourth-order valence-electron chi connectivity index (χ4n) is 3.62. The van der Waals surface area contributed by atoms with Crippen molar-refractivity contribution in [3.8, 4) is 0 Å². The summed E-state index contributed by atoms with van der Waals surface area (Å²) in [7, 11) is 0. The van der Waals surface area contributed by atoms with Crippen LogP contribution in [0.15, 0.2) is 30.5 Å². The van der Waals surface area contributed by atoms with Gasteiger partial charge in [0.05, 0.1) is 23.2 Å². The quantitative estimate of drug-likeness (QED) is 0.395. The van der Waals surface area contributed by atoms with Gasteiger partial charge < -0.3 is 21.5 Å². The van der Waals surface area contributed by atoms with Gasteiger partial charge in [0.2, 0.25) is 5.91 Å². The molecule has 3 heterocycles. The van der Waals surface area contributed by atoms with Crippen LogP contribution in [0.4, 0.5) is 18.9 Å². The van der Waals surface area contributed by atoms with E-state index in [9.17, 15) is 27.9 Å². The van der Waals surface area contributed by atoms with Crippen molar-refractivity contribution < 1.29 is 27.9 Å². The number of pyridine rings is 1. The molecule has 39 heavy (non-hydrogen) atoms. The molecule has 214 valence electrons. The number of likely N-dealkylation sites (tertiary alicyclic amines) is 1. The first-order valence-electron chi connectivity index (χ1n) is 11.9. The molecular weight excluding hydrogens is 560 g/mol. The van der Waals surface area contributed by atoms with Gasteiger partial charge in [0.1, 0.15) is 5.69 Å². The first kappa shape index (κ1) is 32.1. The maximum absolute atomic E-state index is 12.4. The highest BCUT2D eigenvalue weighted by molar-refractivity contribution is 6.32. The molecule has 1 aliphatic rings. The SMILES string of the molecule is CC(=O)N1CCCCC1.CC(C)(O)Cn1cc(C(N)=O)c(Cl)n1.Nc1cc(C(F)(F)F)nc2ccc(Cl)cc12. The summed E-state index contributed by atoms with van der Waals surface area (Å²) in [5, 5.41) is 14.2. The maximum atomic E-state index is 12.4. The summed E-state index contributed by atoms with van der Waals surface area (Å²) in [6.07, 6.45) is 0.605. The second kappa shape index (κ2) is 13.3. The number of nitrogens with zero attached hydrogens (tertiary/aromatic N) is 4. The molecule has 0 radical (unpaired) electrons. The van der Waals surface area contributed by atoms with Crippen LogP contribution in [0.3, 0.4) is 0 Å². The second-order valence-electron chi connectivity index (χ2n) is 9.53. The number of anilines is 1. The van der Waals surface area contributed by atoms with Crippen LogP contribution in [0.2, 0.25) is 10.2 Å². The molecule has 0 unspecified atom stereocenters. The summed E-state index contributed by atoms with van der Waals surface area (Å²) in [6.45, 7) is 7.12. The molecule has 1 saturated heterocycles. The number of halogens is 5. The van der Waals surface area contributed by atoms with Gasteiger partial charge in [0.25, 0.3) is 5.91 Å². The average Bonchev–Trinajstić information content (AvgIpc) is 3.18. The van der Waals surface area contributed by atoms with Crippen LogP contribution in [0.25, 0.3) is 10.9 Å². The number of rotatable bonds is 3. The van der Waals surface area contributed by atoms with E-state index in [1.54, 1.807) is 20.8 Å². The number of carbonyl (C=O) groups excluding carboxylic acids is 2. The van der Waals surface area contributed by atoms with Crippen LogP contribution in [0.5, 0.6) is 0 Å². The lowest BCUT2D eigenvalue weighted by Gasteiger charge is -2.24. The van der Waals surface area contributed by atoms with Gasteiger partial charge in [-0.15, -0.1) is 0 Å². The predicted molar refractivity (Wildman–Crippen MR) is 144 cm³/mol. The summed E-state index contributed by atoms with van der Waals surface area (Å²) in [5.74, 6) is -0.397. The van der Waals surface area contributed by atoms with Gasteiger partial charge in [-0.3, -0.25) is 14.3 Å². The largest absolute Gasteiger partial charge is 0.433 e. The smallest absolute Gasteiger partial charge is 0.398 e. The van der Waals surface area contributed by atoms with E-state index < -0.39 is 23.4 Å². The standard InChI is InChI=1S/C10H6ClF3N2.C8H12ClN3O2.C7H13NO/c11-5-1-2-8-6(3-5)7(15)4-9(16-8)10(12,13)14;1-8(2,14)4-12-3-5(7(10)13)6(9)11-12;1-7(9)8-5-3-2-4-6-8/h1-4H,(H2,15,16);3,14H,4H2,1-2H3,(H2,10,13);2-6H2,1H3. The Morgan fingerprint density at radius 1 is 1.10 bits per heavy atom. The number of piperidine rings is 1. The molecule has 0 atom stereocenters. The molecule has 2 aromatic heterocycles. The molecule has 1 aromatic carbocycles. The third-order valence-electron chi connectivity index (χ3n) is 5.43. The summed E-state index contributed by atoms with van der Waals surface area (Å²) >= 11 is 11.4. The predicted octanol–water partition coefficient (Wildman–Crippen LogP) is 4.91. The number of fused-ring (bicyclic) bond motifs is 1. The molecule has 1 fully saturated rings. The minimum absolute atomic E-state index is 0.0137. The number of benzene rings is 1. The first-order valence-corrected chi connectivity index (χ1v) is 12.7. The van der Waals surface area contributed by atoms with E-state index in [0.717, 1.165) is 19.2 Å². The number of nitrogen functional groups attached to an aromatic ring is 1. The zero-order valence-electron chi connectivity index (χ0n) is 21.7. The van der Waals surface area contributed by atoms with Crippen molar-refractivity contribution in [2.75, 3.05) is 18.8 Å². The fourth-order valence-corrected chi connectivity index (χ4v) is 4.03. The van der Waals surface area contributed by atoms with Crippen LogP contribution in [0.1, 0.15) is 56.1 Å². The maximum Gasteiger partial charge on any atom is 0.433 e. The minimum Gasteiger partial charge on any atom is -0.398 e. The lowest BCUT2D eigenvalue weighted by molar-refractivity contribution is -0.141. The normalized spacial score (nSPS) is 13.7. The minimum atomic E-state index is -4.50. The van der Waals surface area contributed by atoms with Gasteiger partial charge in [-0.25, -0.2) is 4.98 Å². The van der Waals surface area contributed by atoms with Crippen LogP contribution in [0, 0.1) is 0 Å². The van der Waals surface area contributed by atoms with Gasteiger partial charge in [-0.2, -0.15) is 18.3 Å². The number of carbonyl (C=O) groups is 2. The molecule has 0 aliphatic carbocycles. The first-order chi connectivity index (χ1) is 18.0. The summed E-state index contributed by atoms with van der Waals surface area (Å²) in [5.41, 5.74) is 9.02. The van der Waals surface area contributed by atoms with E-state index in [-0.39, 0.29) is 34.4 Å². The Hall–Kier alpha value is -3.09. The van der Waals surface area contributed by atoms with Crippen LogP contribution in [-0.4, -0.2) is 55.3 Å². The number of hydrogen-bond donors (Lipinski definition) is 3. The highest BCUT2D eigenvalue weighted by Crippen LogP contribution is 2.32. The lowest BCUT2D eigenvalue weighted by atomic mass is 10.1. The van der Waals surface area contributed by atoms with E-state index in [2.05, 4.69) is 10.1 Å². The highest BCUT2D eigenvalue weighted by Gasteiger charge is 2.33. The number of nitrogens with two attached hydrogens (primary N) is 2. The summed E-state index contributed by atoms with van der Waals surface area (Å²) in [4.78, 5) is 27.0. The van der Waals surface area contributed by atoms with Crippen LogP contribution in [-0.2, 0) is 17.5 Å². The van der Waals surface area contributed by atoms with Gasteiger partial charge >= 0.3 is 6.18 Å². The Bertz CT molecular complexity index is 1300. The topological polar surface area (TPSA) is 140 Å². The molecule has 9 nitrogen and oxygen atoms in total. The molecule has 0 saturated carbocycles. The molecule has 2 amide bonds. The van der Waals surface area contributed by atoms with E-state index in [1.165, 1.54) is 48.3 Å². The summed E-state index contributed by atoms with van der Waals surface area (Å²) in [6, 6.07) is 5.16. The van der Waals surface area contributed by atoms with E-state index >= 15 is 0 Å². The molecule has 4 rings (SSSR count). The Labute approximate surface area is 233 Å². The zero-order chi connectivity index (χ0) is 29.5. The third-order valence-corrected chi connectivity index (χ3v) is 5.94. The van der Waals surface area contributed by atoms with Crippen molar-refractivity contribution >= 4 is 51.6 Å². The van der Waals surface area contributed by atoms with E-state index in [1.807, 2.05) is 4.90 Å². The van der Waals surface area contributed by atoms with Crippen molar-refractivity contribution in [1.29, 1.82) is 0 Å². The molecule has 5 N–H and O–H groups in total. The third kappa shape index (κ3) is 10.2. The number of alkyl halides is 3. The van der Waals surface area contributed by atoms with Crippen molar-refractivity contribution in [2.45, 2.75) is 58.4 Å². The van der Waals surface area contributed by atoms with Crippen molar-refractivity contribution in [3.63, 3.8) is 0 Å². The Morgan fingerprint density at radius 2 is 1.72 bits per heavy atom. The highest BCUT2D eigenvalue weighted by atomic mass is 35.5. The lowest BCUT2D eigenvalue weighted by Crippen LogP contribution is -2.33. The van der Waals surface area contributed by atoms with E-state index in [4.69, 9.17) is 34.7 Å². The molecule has 0 spiro atoms. The van der Waals surface area contributed by atoms with Crippen LogP contribution < -0.4 is 11.5 Å². The molecule has 3 aromatic rings. The van der Waals surface area contributed by atoms with Crippen LogP contribution >= 0.6 is 23.2 Å². The van der Waals surface area contributed by atoms with Gasteiger partial charge in [-0.05, 0) is 57.4 Å². The van der Waals surface area contributed by atoms with Gasteiger partial charge in [-0.1, -0.05) is 23.2 Å². The molecular formula is C25H31Cl2F3N6O3. The summed E-state index contributed by atoms with van der Waals surface area (Å²) < 4.78 is 38.7. The number of hydrogen-bond acceptors (Lipinski definition) is 6. The monoisotopic (exact) mass is 590 g/mol. The number of primary amides is 1. The number of amides is 2. The number of aliphatic hydroxyl groups is 1. The van der Waals surface area contributed by atoms with Gasteiger partial charge in [0.15, 0.2) is 5.15 Å². The Kier molecular flexibility index (Phi) is 11.0. The molecule has 1 aliphatic heterocycles. The fraction of sp³-hybridized carbons (Fsp3) is 0.440. The Balaban J connectivity index is 0.000000213. The van der Waals surface area contributed by atoms with Gasteiger partial charge in [0, 0.05) is 42.3 Å². The average molecular weight is 591 g/mol.